The zero-order valence-corrected chi connectivity index (χ0v) is 11.2. The number of nitrogens with one attached hydrogen (secondary N) is 1. The summed E-state index contributed by atoms with van der Waals surface area (Å²) < 4.78 is 5.16. The van der Waals surface area contributed by atoms with Crippen LogP contribution in [0.25, 0.3) is 0 Å². The van der Waals surface area contributed by atoms with Crippen LogP contribution in [0.3, 0.4) is 0 Å². The first-order valence-electron chi connectivity index (χ1n) is 6.52. The second-order valence-electron chi connectivity index (χ2n) is 6.30. The van der Waals surface area contributed by atoms with Gasteiger partial charge in [-0.25, -0.2) is 9.59 Å². The van der Waals surface area contributed by atoms with Gasteiger partial charge in [0.25, 0.3) is 0 Å². The SMILES string of the molecule is CC(C)(C)OC(=O)NC1(C(=O)O)C2CCCCC21. The first-order valence-corrected chi connectivity index (χ1v) is 6.52. The maximum absolute atomic E-state index is 11.8. The number of alkyl carbamates (subject to hydrolysis) is 1. The van der Waals surface area contributed by atoms with Crippen molar-refractivity contribution in [2.45, 2.75) is 57.6 Å². The van der Waals surface area contributed by atoms with Crippen LogP contribution >= 0.6 is 0 Å². The fourth-order valence-electron chi connectivity index (χ4n) is 3.15. The van der Waals surface area contributed by atoms with Crippen LogP contribution < -0.4 is 5.32 Å². The summed E-state index contributed by atoms with van der Waals surface area (Å²) in [5.74, 6) is -0.766. The molecule has 0 bridgehead atoms. The molecule has 0 aliphatic heterocycles. The lowest BCUT2D eigenvalue weighted by Gasteiger charge is -2.22. The molecule has 2 atom stereocenters. The zero-order chi connectivity index (χ0) is 13.6. The third-order valence-corrected chi connectivity index (χ3v) is 3.89. The average molecular weight is 255 g/mol. The van der Waals surface area contributed by atoms with Crippen molar-refractivity contribution in [2.75, 3.05) is 0 Å². The fourth-order valence-corrected chi connectivity index (χ4v) is 3.15. The van der Waals surface area contributed by atoms with Gasteiger partial charge >= 0.3 is 12.1 Å². The van der Waals surface area contributed by atoms with Crippen molar-refractivity contribution in [1.82, 2.24) is 5.32 Å². The van der Waals surface area contributed by atoms with Crippen molar-refractivity contribution in [3.63, 3.8) is 0 Å². The van der Waals surface area contributed by atoms with E-state index in [0.717, 1.165) is 25.7 Å². The number of ether oxygens (including phenoxy) is 1. The van der Waals surface area contributed by atoms with E-state index in [1.165, 1.54) is 0 Å². The molecule has 0 saturated heterocycles. The van der Waals surface area contributed by atoms with Crippen LogP contribution in [0.4, 0.5) is 4.79 Å². The summed E-state index contributed by atoms with van der Waals surface area (Å²) >= 11 is 0. The summed E-state index contributed by atoms with van der Waals surface area (Å²) in [5.41, 5.74) is -1.68. The molecule has 5 nitrogen and oxygen atoms in total. The van der Waals surface area contributed by atoms with E-state index < -0.39 is 23.2 Å². The number of carboxylic acids is 1. The van der Waals surface area contributed by atoms with E-state index in [-0.39, 0.29) is 11.8 Å². The number of carboxylic acid groups (broad SMARTS) is 1. The predicted molar refractivity (Wildman–Crippen MR) is 65.2 cm³/mol. The standard InChI is InChI=1S/C13H21NO4/c1-12(2,3)18-11(17)14-13(10(15)16)8-6-4-5-7-9(8)13/h8-9H,4-7H2,1-3H3,(H,14,17)(H,15,16). The minimum atomic E-state index is -1.07. The van der Waals surface area contributed by atoms with Gasteiger partial charge in [0, 0.05) is 0 Å². The van der Waals surface area contributed by atoms with Crippen LogP contribution in [0.2, 0.25) is 0 Å². The Labute approximate surface area is 107 Å². The molecule has 102 valence electrons. The van der Waals surface area contributed by atoms with Crippen molar-refractivity contribution in [3.8, 4) is 0 Å². The molecular formula is C13H21NO4. The molecule has 2 N–H and O–H groups in total. The summed E-state index contributed by atoms with van der Waals surface area (Å²) in [5, 5.41) is 12.0. The number of aliphatic carboxylic acids is 1. The van der Waals surface area contributed by atoms with E-state index in [4.69, 9.17) is 4.74 Å². The Morgan fingerprint density at radius 3 is 2.11 bits per heavy atom. The lowest BCUT2D eigenvalue weighted by atomic mass is 10.0. The number of hydrogen-bond acceptors (Lipinski definition) is 3. The van der Waals surface area contributed by atoms with Crippen LogP contribution in [-0.2, 0) is 9.53 Å². The molecule has 0 spiro atoms. The molecular weight excluding hydrogens is 234 g/mol. The molecule has 0 aromatic carbocycles. The van der Waals surface area contributed by atoms with Gasteiger partial charge in [0.1, 0.15) is 11.1 Å². The predicted octanol–water partition coefficient (Wildman–Crippen LogP) is 2.15. The summed E-state index contributed by atoms with van der Waals surface area (Å²) in [6.07, 6.45) is 3.23. The number of amides is 1. The molecule has 5 heteroatoms. The van der Waals surface area contributed by atoms with E-state index in [0.29, 0.717) is 0 Å². The largest absolute Gasteiger partial charge is 0.479 e. The molecule has 2 saturated carbocycles. The van der Waals surface area contributed by atoms with E-state index in [1.54, 1.807) is 20.8 Å². The highest BCUT2D eigenvalue weighted by atomic mass is 16.6. The topological polar surface area (TPSA) is 75.6 Å². The number of carbonyl (C=O) groups is 2. The molecule has 2 rings (SSSR count). The van der Waals surface area contributed by atoms with Gasteiger partial charge in [-0.05, 0) is 45.4 Å². The van der Waals surface area contributed by atoms with Gasteiger partial charge in [-0.3, -0.25) is 0 Å². The first kappa shape index (κ1) is 13.2. The molecule has 0 aromatic rings. The summed E-state index contributed by atoms with van der Waals surface area (Å²) in [4.78, 5) is 23.2. The lowest BCUT2D eigenvalue weighted by molar-refractivity contribution is -0.141. The summed E-state index contributed by atoms with van der Waals surface area (Å²) in [7, 11) is 0. The monoisotopic (exact) mass is 255 g/mol. The van der Waals surface area contributed by atoms with Crippen LogP contribution in [-0.4, -0.2) is 28.3 Å². The number of fused-ring (bicyclic) bond motifs is 1. The van der Waals surface area contributed by atoms with Crippen molar-refractivity contribution in [3.05, 3.63) is 0 Å². The summed E-state index contributed by atoms with van der Waals surface area (Å²) in [6.45, 7) is 5.29. The van der Waals surface area contributed by atoms with Crippen LogP contribution in [0.5, 0.6) is 0 Å². The van der Waals surface area contributed by atoms with Crippen molar-refractivity contribution in [1.29, 1.82) is 0 Å². The smallest absolute Gasteiger partial charge is 0.408 e. The fraction of sp³-hybridized carbons (Fsp3) is 0.846. The van der Waals surface area contributed by atoms with Crippen molar-refractivity contribution < 1.29 is 19.4 Å². The highest BCUT2D eigenvalue weighted by molar-refractivity contribution is 5.89. The van der Waals surface area contributed by atoms with Crippen LogP contribution in [0.15, 0.2) is 0 Å². The van der Waals surface area contributed by atoms with Gasteiger partial charge in [0.05, 0.1) is 0 Å². The lowest BCUT2D eigenvalue weighted by Crippen LogP contribution is -2.48. The molecule has 0 aromatic heterocycles. The molecule has 2 fully saturated rings. The summed E-state index contributed by atoms with van der Waals surface area (Å²) in [6, 6.07) is 0. The van der Waals surface area contributed by atoms with E-state index >= 15 is 0 Å². The van der Waals surface area contributed by atoms with Crippen molar-refractivity contribution >= 4 is 12.1 Å². The Balaban J connectivity index is 2.05. The third kappa shape index (κ3) is 2.18. The Morgan fingerprint density at radius 1 is 1.22 bits per heavy atom. The second kappa shape index (κ2) is 4.14. The van der Waals surface area contributed by atoms with Gasteiger partial charge in [-0.2, -0.15) is 0 Å². The van der Waals surface area contributed by atoms with Crippen LogP contribution in [0, 0.1) is 11.8 Å². The minimum absolute atomic E-state index is 0.0799. The number of carbonyl (C=O) groups excluding carboxylic acids is 1. The van der Waals surface area contributed by atoms with Gasteiger partial charge < -0.3 is 15.2 Å². The average Bonchev–Trinajstić information content (AvgIpc) is 2.85. The second-order valence-corrected chi connectivity index (χ2v) is 6.30. The molecule has 2 unspecified atom stereocenters. The van der Waals surface area contributed by atoms with Gasteiger partial charge in [-0.15, -0.1) is 0 Å². The minimum Gasteiger partial charge on any atom is -0.479 e. The van der Waals surface area contributed by atoms with Crippen molar-refractivity contribution in [2.24, 2.45) is 11.8 Å². The Bertz CT molecular complexity index is 360. The molecule has 2 aliphatic carbocycles. The van der Waals surface area contributed by atoms with Gasteiger partial charge in [0.2, 0.25) is 0 Å². The highest BCUT2D eigenvalue weighted by Gasteiger charge is 2.71. The van der Waals surface area contributed by atoms with Gasteiger partial charge in [-0.1, -0.05) is 12.8 Å². The van der Waals surface area contributed by atoms with E-state index in [2.05, 4.69) is 5.32 Å². The normalized spacial score (nSPS) is 34.4. The molecule has 0 radical (unpaired) electrons. The quantitative estimate of drug-likeness (QED) is 0.792. The maximum Gasteiger partial charge on any atom is 0.408 e. The molecule has 0 heterocycles. The van der Waals surface area contributed by atoms with E-state index in [9.17, 15) is 14.7 Å². The molecule has 18 heavy (non-hydrogen) atoms. The van der Waals surface area contributed by atoms with Crippen LogP contribution in [0.1, 0.15) is 46.5 Å². The maximum atomic E-state index is 11.8. The first-order chi connectivity index (χ1) is 8.27. The highest BCUT2D eigenvalue weighted by Crippen LogP contribution is 2.58. The number of rotatable bonds is 2. The Morgan fingerprint density at radius 2 is 1.72 bits per heavy atom. The molecule has 1 amide bonds. The molecule has 2 aliphatic rings. The van der Waals surface area contributed by atoms with Gasteiger partial charge in [0.15, 0.2) is 0 Å². The zero-order valence-electron chi connectivity index (χ0n) is 11.2. The third-order valence-electron chi connectivity index (χ3n) is 3.89. The number of hydrogen-bond donors (Lipinski definition) is 2. The Hall–Kier alpha value is -1.26. The Kier molecular flexibility index (Phi) is 3.03. The van der Waals surface area contributed by atoms with E-state index in [1.807, 2.05) is 0 Å².